The van der Waals surface area contributed by atoms with E-state index in [2.05, 4.69) is 11.6 Å². The Bertz CT molecular complexity index is 363. The summed E-state index contributed by atoms with van der Waals surface area (Å²) < 4.78 is 0. The molecule has 0 radical (unpaired) electrons. The monoisotopic (exact) mass is 170 g/mol. The molecule has 13 heavy (non-hydrogen) atoms. The molecule has 0 aliphatic carbocycles. The standard InChI is InChI=1S/C11H10N2/c1-10-6-3-5-9-13(10)11-7-2-4-8-12-11/h2-9H,1H2. The number of aromatic nitrogens is 1. The van der Waals surface area contributed by atoms with Crippen LogP contribution in [0.1, 0.15) is 0 Å². The molecular weight excluding hydrogens is 160 g/mol. The van der Waals surface area contributed by atoms with Gasteiger partial charge in [0, 0.05) is 18.1 Å². The van der Waals surface area contributed by atoms with E-state index in [1.54, 1.807) is 6.20 Å². The molecule has 0 amide bonds. The Morgan fingerprint density at radius 1 is 1.23 bits per heavy atom. The lowest BCUT2D eigenvalue weighted by Gasteiger charge is -2.21. The van der Waals surface area contributed by atoms with Crippen molar-refractivity contribution in [1.29, 1.82) is 0 Å². The summed E-state index contributed by atoms with van der Waals surface area (Å²) in [5.74, 6) is 0.896. The molecule has 64 valence electrons. The van der Waals surface area contributed by atoms with Crippen molar-refractivity contribution in [3.8, 4) is 0 Å². The maximum Gasteiger partial charge on any atom is 0.136 e. The lowest BCUT2D eigenvalue weighted by Crippen LogP contribution is -2.15. The van der Waals surface area contributed by atoms with E-state index in [-0.39, 0.29) is 0 Å². The molecule has 2 heterocycles. The van der Waals surface area contributed by atoms with Gasteiger partial charge in [0.15, 0.2) is 0 Å². The maximum absolute atomic E-state index is 4.23. The van der Waals surface area contributed by atoms with E-state index in [1.165, 1.54) is 0 Å². The van der Waals surface area contributed by atoms with Crippen molar-refractivity contribution in [2.45, 2.75) is 0 Å². The van der Waals surface area contributed by atoms with Gasteiger partial charge >= 0.3 is 0 Å². The molecule has 0 unspecified atom stereocenters. The van der Waals surface area contributed by atoms with Gasteiger partial charge in [0.2, 0.25) is 0 Å². The van der Waals surface area contributed by atoms with Gasteiger partial charge in [-0.3, -0.25) is 0 Å². The van der Waals surface area contributed by atoms with Crippen molar-refractivity contribution < 1.29 is 0 Å². The van der Waals surface area contributed by atoms with Gasteiger partial charge in [-0.2, -0.15) is 0 Å². The number of hydrogen-bond acceptors (Lipinski definition) is 2. The molecule has 0 N–H and O–H groups in total. The summed E-state index contributed by atoms with van der Waals surface area (Å²) in [6.45, 7) is 3.92. The molecule has 0 saturated carbocycles. The molecule has 0 spiro atoms. The van der Waals surface area contributed by atoms with Crippen molar-refractivity contribution in [1.82, 2.24) is 4.98 Å². The van der Waals surface area contributed by atoms with E-state index in [9.17, 15) is 0 Å². The summed E-state index contributed by atoms with van der Waals surface area (Å²) in [5.41, 5.74) is 0.932. The summed E-state index contributed by atoms with van der Waals surface area (Å²) in [6, 6.07) is 5.81. The van der Waals surface area contributed by atoms with Crippen LogP contribution in [0.15, 0.2) is 61.1 Å². The highest BCUT2D eigenvalue weighted by Crippen LogP contribution is 2.18. The van der Waals surface area contributed by atoms with E-state index in [0.717, 1.165) is 11.5 Å². The number of allylic oxidation sites excluding steroid dienone is 3. The third-order valence-electron chi connectivity index (χ3n) is 1.84. The molecule has 1 aromatic heterocycles. The molecule has 0 atom stereocenters. The average Bonchev–Trinajstić information content (AvgIpc) is 2.20. The van der Waals surface area contributed by atoms with Gasteiger partial charge in [0.05, 0.1) is 0 Å². The second-order valence-corrected chi connectivity index (χ2v) is 2.75. The van der Waals surface area contributed by atoms with E-state index < -0.39 is 0 Å². The van der Waals surface area contributed by atoms with Crippen molar-refractivity contribution in [3.63, 3.8) is 0 Å². The fraction of sp³-hybridized carbons (Fsp3) is 0. The zero-order chi connectivity index (χ0) is 9.10. The molecule has 1 aliphatic rings. The molecule has 2 nitrogen and oxygen atoms in total. The number of pyridine rings is 1. The SMILES string of the molecule is C=C1C=CC=CN1c1ccccn1. The Kier molecular flexibility index (Phi) is 1.96. The van der Waals surface area contributed by atoms with Gasteiger partial charge in [-0.1, -0.05) is 18.7 Å². The topological polar surface area (TPSA) is 16.1 Å². The first-order valence-electron chi connectivity index (χ1n) is 4.12. The molecular formula is C11H10N2. The number of anilines is 1. The number of hydrogen-bond donors (Lipinski definition) is 0. The summed E-state index contributed by atoms with van der Waals surface area (Å²) in [7, 11) is 0. The summed E-state index contributed by atoms with van der Waals surface area (Å²) in [4.78, 5) is 6.18. The van der Waals surface area contributed by atoms with Crippen LogP contribution in [-0.4, -0.2) is 4.98 Å². The van der Waals surface area contributed by atoms with Crippen LogP contribution >= 0.6 is 0 Å². The van der Waals surface area contributed by atoms with E-state index in [0.29, 0.717) is 0 Å². The minimum atomic E-state index is 0.896. The Balaban J connectivity index is 2.32. The highest BCUT2D eigenvalue weighted by molar-refractivity contribution is 5.54. The fourth-order valence-corrected chi connectivity index (χ4v) is 1.20. The Labute approximate surface area is 77.5 Å². The normalized spacial score (nSPS) is 15.1. The average molecular weight is 170 g/mol. The van der Waals surface area contributed by atoms with E-state index >= 15 is 0 Å². The second kappa shape index (κ2) is 3.27. The molecule has 2 rings (SSSR count). The molecule has 2 heteroatoms. The van der Waals surface area contributed by atoms with Gasteiger partial charge < -0.3 is 4.90 Å². The molecule has 0 fully saturated rings. The highest BCUT2D eigenvalue weighted by atomic mass is 15.2. The van der Waals surface area contributed by atoms with Crippen LogP contribution in [0.3, 0.4) is 0 Å². The van der Waals surface area contributed by atoms with Crippen LogP contribution in [0.4, 0.5) is 5.82 Å². The van der Waals surface area contributed by atoms with E-state index in [4.69, 9.17) is 0 Å². The minimum Gasteiger partial charge on any atom is -0.302 e. The van der Waals surface area contributed by atoms with Crippen molar-refractivity contribution >= 4 is 5.82 Å². The summed E-state index contributed by atoms with van der Waals surface area (Å²) >= 11 is 0. The lowest BCUT2D eigenvalue weighted by molar-refractivity contribution is 1.12. The Hall–Kier alpha value is -1.83. The van der Waals surface area contributed by atoms with Crippen LogP contribution in [0, 0.1) is 0 Å². The van der Waals surface area contributed by atoms with Crippen LogP contribution in [0.25, 0.3) is 0 Å². The second-order valence-electron chi connectivity index (χ2n) is 2.75. The largest absolute Gasteiger partial charge is 0.302 e. The fourth-order valence-electron chi connectivity index (χ4n) is 1.20. The number of rotatable bonds is 1. The highest BCUT2D eigenvalue weighted by Gasteiger charge is 2.06. The van der Waals surface area contributed by atoms with Crippen molar-refractivity contribution in [2.24, 2.45) is 0 Å². The van der Waals surface area contributed by atoms with Crippen LogP contribution in [0.2, 0.25) is 0 Å². The lowest BCUT2D eigenvalue weighted by atomic mass is 10.3. The predicted molar refractivity (Wildman–Crippen MR) is 54.1 cm³/mol. The molecule has 0 saturated heterocycles. The van der Waals surface area contributed by atoms with Gasteiger partial charge in [-0.25, -0.2) is 4.98 Å². The smallest absolute Gasteiger partial charge is 0.136 e. The van der Waals surface area contributed by atoms with E-state index in [1.807, 2.05) is 47.5 Å². The molecule has 1 aliphatic heterocycles. The summed E-state index contributed by atoms with van der Waals surface area (Å²) in [5, 5.41) is 0. The third-order valence-corrected chi connectivity index (χ3v) is 1.84. The molecule has 1 aromatic rings. The predicted octanol–water partition coefficient (Wildman–Crippen LogP) is 2.49. The van der Waals surface area contributed by atoms with Gasteiger partial charge in [-0.05, 0) is 24.3 Å². The number of nitrogens with zero attached hydrogens (tertiary/aromatic N) is 2. The first-order valence-corrected chi connectivity index (χ1v) is 4.12. The third kappa shape index (κ3) is 1.51. The van der Waals surface area contributed by atoms with Gasteiger partial charge in [0.1, 0.15) is 5.82 Å². The Morgan fingerprint density at radius 2 is 2.15 bits per heavy atom. The van der Waals surface area contributed by atoms with Crippen molar-refractivity contribution in [2.75, 3.05) is 4.90 Å². The van der Waals surface area contributed by atoms with Crippen LogP contribution < -0.4 is 4.90 Å². The summed E-state index contributed by atoms with van der Waals surface area (Å²) in [6.07, 6.45) is 9.60. The van der Waals surface area contributed by atoms with Crippen molar-refractivity contribution in [3.05, 3.63) is 61.1 Å². The first kappa shape index (κ1) is 7.80. The Morgan fingerprint density at radius 3 is 2.85 bits per heavy atom. The molecule has 0 aromatic carbocycles. The quantitative estimate of drug-likeness (QED) is 0.643. The molecule has 0 bridgehead atoms. The minimum absolute atomic E-state index is 0.896. The van der Waals surface area contributed by atoms with Crippen LogP contribution in [-0.2, 0) is 0 Å². The zero-order valence-corrected chi connectivity index (χ0v) is 7.22. The zero-order valence-electron chi connectivity index (χ0n) is 7.22. The maximum atomic E-state index is 4.23. The van der Waals surface area contributed by atoms with Crippen LogP contribution in [0.5, 0.6) is 0 Å². The van der Waals surface area contributed by atoms with Gasteiger partial charge in [0.25, 0.3) is 0 Å². The van der Waals surface area contributed by atoms with Gasteiger partial charge in [-0.15, -0.1) is 0 Å². The first-order chi connectivity index (χ1) is 6.38.